The lowest BCUT2D eigenvalue weighted by molar-refractivity contribution is -0.146. The Hall–Kier alpha value is -2.75. The second-order valence-electron chi connectivity index (χ2n) is 9.16. The number of carboxylic acids is 1. The van der Waals surface area contributed by atoms with Gasteiger partial charge in [-0.2, -0.15) is 0 Å². The van der Waals surface area contributed by atoms with Crippen LogP contribution in [0.15, 0.2) is 53.8 Å². The Kier molecular flexibility index (Phi) is 9.12. The number of aliphatic carboxylic acids is 1. The molecule has 1 saturated heterocycles. The number of ether oxygens (including phenoxy) is 1. The number of hydrogen-bond acceptors (Lipinski definition) is 7. The number of hydrogen-bond donors (Lipinski definition) is 2. The molecule has 36 heavy (non-hydrogen) atoms. The molecule has 3 atom stereocenters. The van der Waals surface area contributed by atoms with Crippen molar-refractivity contribution in [2.24, 2.45) is 11.8 Å². The van der Waals surface area contributed by atoms with E-state index in [4.69, 9.17) is 4.74 Å². The molecule has 1 aromatic carbocycles. The van der Waals surface area contributed by atoms with Gasteiger partial charge in [-0.05, 0) is 86.7 Å². The number of benzene rings is 1. The molecule has 0 bridgehead atoms. The number of thioether (sulfide) groups is 1. The first-order valence-corrected chi connectivity index (χ1v) is 13.2. The standard InChI is InChI=1S/C27H32FN3O4S/c1-35-19-6-7-24-21(16-19)20(9-12-29-24)25(32)8-5-18-10-14-31(17-22(18)27(33)34)13-3-15-36-26-23(28)4-2-11-30-26/h2,4,6-7,9,11-12,16,18,22,25,32H,3,5,8,10,13-15,17H2,1H3,(H,33,34)/t18-,22+,25?/m1/s1. The van der Waals surface area contributed by atoms with E-state index in [1.807, 2.05) is 24.3 Å². The fraction of sp³-hybridized carbons (Fsp3) is 0.444. The van der Waals surface area contributed by atoms with Gasteiger partial charge in [-0.1, -0.05) is 0 Å². The smallest absolute Gasteiger partial charge is 0.308 e. The Bertz CT molecular complexity index is 1180. The number of aliphatic hydroxyl groups excluding tert-OH is 1. The average Bonchev–Trinajstić information content (AvgIpc) is 2.90. The van der Waals surface area contributed by atoms with Gasteiger partial charge in [0, 0.05) is 30.1 Å². The van der Waals surface area contributed by atoms with E-state index in [-0.39, 0.29) is 11.7 Å². The van der Waals surface area contributed by atoms with Gasteiger partial charge in [-0.15, -0.1) is 11.8 Å². The van der Waals surface area contributed by atoms with Crippen molar-refractivity contribution in [2.45, 2.75) is 36.8 Å². The summed E-state index contributed by atoms with van der Waals surface area (Å²) in [5, 5.41) is 22.1. The van der Waals surface area contributed by atoms with Crippen LogP contribution < -0.4 is 4.74 Å². The Morgan fingerprint density at radius 1 is 1.28 bits per heavy atom. The number of fused-ring (bicyclic) bond motifs is 1. The first kappa shape index (κ1) is 26.3. The number of likely N-dealkylation sites (tertiary alicyclic amines) is 1. The minimum absolute atomic E-state index is 0.00743. The van der Waals surface area contributed by atoms with Crippen molar-refractivity contribution in [3.8, 4) is 5.75 Å². The largest absolute Gasteiger partial charge is 0.497 e. The minimum Gasteiger partial charge on any atom is -0.497 e. The molecule has 4 rings (SSSR count). The van der Waals surface area contributed by atoms with Crippen molar-refractivity contribution in [1.82, 2.24) is 14.9 Å². The van der Waals surface area contributed by atoms with Crippen LogP contribution in [0.1, 0.15) is 37.4 Å². The van der Waals surface area contributed by atoms with Crippen molar-refractivity contribution in [3.05, 3.63) is 60.2 Å². The number of halogens is 1. The highest BCUT2D eigenvalue weighted by Gasteiger charge is 2.34. The van der Waals surface area contributed by atoms with Gasteiger partial charge < -0.3 is 19.8 Å². The Balaban J connectivity index is 1.30. The molecule has 9 heteroatoms. The molecule has 2 aromatic heterocycles. The summed E-state index contributed by atoms with van der Waals surface area (Å²) in [4.78, 5) is 22.7. The molecular formula is C27H32FN3O4S. The van der Waals surface area contributed by atoms with E-state index in [0.29, 0.717) is 30.2 Å². The van der Waals surface area contributed by atoms with Gasteiger partial charge >= 0.3 is 5.97 Å². The summed E-state index contributed by atoms with van der Waals surface area (Å²) in [5.74, 6) is -0.138. The molecule has 0 spiro atoms. The minimum atomic E-state index is -0.789. The molecule has 0 amide bonds. The number of aromatic nitrogens is 2. The van der Waals surface area contributed by atoms with Gasteiger partial charge in [-0.25, -0.2) is 9.37 Å². The highest BCUT2D eigenvalue weighted by atomic mass is 32.2. The summed E-state index contributed by atoms with van der Waals surface area (Å²) in [5.41, 5.74) is 1.57. The van der Waals surface area contributed by atoms with Crippen LogP contribution in [-0.2, 0) is 4.79 Å². The highest BCUT2D eigenvalue weighted by molar-refractivity contribution is 7.99. The van der Waals surface area contributed by atoms with Gasteiger partial charge in [-0.3, -0.25) is 9.78 Å². The van der Waals surface area contributed by atoms with E-state index in [1.165, 1.54) is 17.8 Å². The van der Waals surface area contributed by atoms with Crippen molar-refractivity contribution >= 4 is 28.6 Å². The van der Waals surface area contributed by atoms with Crippen molar-refractivity contribution in [2.75, 3.05) is 32.5 Å². The number of methoxy groups -OCH3 is 1. The molecule has 0 radical (unpaired) electrons. The third-order valence-corrected chi connectivity index (χ3v) is 7.96. The SMILES string of the molecule is COc1ccc2nccc(C(O)CC[C@@H]3CCN(CCCSc4ncccc4F)C[C@@H]3C(=O)O)c2c1. The van der Waals surface area contributed by atoms with Crippen LogP contribution in [-0.4, -0.2) is 63.5 Å². The van der Waals surface area contributed by atoms with Crippen molar-refractivity contribution < 1.29 is 24.1 Å². The monoisotopic (exact) mass is 513 g/mol. The summed E-state index contributed by atoms with van der Waals surface area (Å²) < 4.78 is 19.0. The molecule has 3 aromatic rings. The van der Waals surface area contributed by atoms with Gasteiger partial charge in [0.25, 0.3) is 0 Å². The highest BCUT2D eigenvalue weighted by Crippen LogP contribution is 2.34. The molecule has 1 fully saturated rings. The molecule has 0 aliphatic carbocycles. The van der Waals surface area contributed by atoms with E-state index in [0.717, 1.165) is 48.2 Å². The molecule has 0 saturated carbocycles. The van der Waals surface area contributed by atoms with Gasteiger partial charge in [0.05, 0.1) is 24.6 Å². The first-order valence-electron chi connectivity index (χ1n) is 12.3. The predicted molar refractivity (Wildman–Crippen MR) is 138 cm³/mol. The maximum atomic E-state index is 13.7. The fourth-order valence-electron chi connectivity index (χ4n) is 4.92. The summed E-state index contributed by atoms with van der Waals surface area (Å²) in [6, 6.07) is 10.4. The number of carboxylic acid groups (broad SMARTS) is 1. The average molecular weight is 514 g/mol. The number of rotatable bonds is 11. The lowest BCUT2D eigenvalue weighted by atomic mass is 9.81. The number of pyridine rings is 2. The van der Waals surface area contributed by atoms with Gasteiger partial charge in [0.15, 0.2) is 5.82 Å². The first-order chi connectivity index (χ1) is 17.5. The summed E-state index contributed by atoms with van der Waals surface area (Å²) in [6.07, 6.45) is 5.28. The van der Waals surface area contributed by atoms with Crippen LogP contribution in [0.5, 0.6) is 5.75 Å². The number of aliphatic hydroxyl groups is 1. The summed E-state index contributed by atoms with van der Waals surface area (Å²) in [7, 11) is 1.60. The van der Waals surface area contributed by atoms with E-state index >= 15 is 0 Å². The van der Waals surface area contributed by atoms with E-state index in [9.17, 15) is 19.4 Å². The zero-order valence-corrected chi connectivity index (χ0v) is 21.2. The molecule has 1 aliphatic rings. The second-order valence-corrected chi connectivity index (χ2v) is 10.2. The van der Waals surface area contributed by atoms with Crippen molar-refractivity contribution in [1.29, 1.82) is 0 Å². The Morgan fingerprint density at radius 3 is 2.92 bits per heavy atom. The third-order valence-electron chi connectivity index (χ3n) is 6.89. The maximum Gasteiger partial charge on any atom is 0.308 e. The van der Waals surface area contributed by atoms with Crippen LogP contribution >= 0.6 is 11.8 Å². The number of piperidine rings is 1. The molecule has 2 N–H and O–H groups in total. The van der Waals surface area contributed by atoms with E-state index in [1.54, 1.807) is 25.6 Å². The lowest BCUT2D eigenvalue weighted by Crippen LogP contribution is -2.44. The molecule has 192 valence electrons. The van der Waals surface area contributed by atoms with Crippen LogP contribution in [0.25, 0.3) is 10.9 Å². The summed E-state index contributed by atoms with van der Waals surface area (Å²) >= 11 is 1.39. The third kappa shape index (κ3) is 6.52. The fourth-order valence-corrected chi connectivity index (χ4v) is 5.73. The Labute approximate surface area is 214 Å². The van der Waals surface area contributed by atoms with Crippen LogP contribution in [0.2, 0.25) is 0 Å². The van der Waals surface area contributed by atoms with Crippen LogP contribution in [0, 0.1) is 17.7 Å². The van der Waals surface area contributed by atoms with E-state index < -0.39 is 18.0 Å². The molecule has 3 heterocycles. The lowest BCUT2D eigenvalue weighted by Gasteiger charge is -2.37. The molecule has 1 aliphatic heterocycles. The van der Waals surface area contributed by atoms with Crippen LogP contribution in [0.3, 0.4) is 0 Å². The van der Waals surface area contributed by atoms with E-state index in [2.05, 4.69) is 14.9 Å². The zero-order chi connectivity index (χ0) is 25.5. The molecule has 7 nitrogen and oxygen atoms in total. The zero-order valence-electron chi connectivity index (χ0n) is 20.3. The van der Waals surface area contributed by atoms with Crippen LogP contribution in [0.4, 0.5) is 4.39 Å². The van der Waals surface area contributed by atoms with Gasteiger partial charge in [0.2, 0.25) is 0 Å². The normalized spacial score (nSPS) is 19.3. The van der Waals surface area contributed by atoms with Crippen molar-refractivity contribution in [3.63, 3.8) is 0 Å². The number of carbonyl (C=O) groups is 1. The summed E-state index contributed by atoms with van der Waals surface area (Å²) in [6.45, 7) is 2.09. The molecule has 1 unspecified atom stereocenters. The second kappa shape index (κ2) is 12.5. The van der Waals surface area contributed by atoms with Gasteiger partial charge in [0.1, 0.15) is 10.8 Å². The molecular weight excluding hydrogens is 481 g/mol. The Morgan fingerprint density at radius 2 is 2.14 bits per heavy atom. The topological polar surface area (TPSA) is 95.8 Å². The maximum absolute atomic E-state index is 13.7. The predicted octanol–water partition coefficient (Wildman–Crippen LogP) is 4.80. The number of nitrogens with zero attached hydrogens (tertiary/aromatic N) is 3. The quantitative estimate of drug-likeness (QED) is 0.279.